The molecule has 0 amide bonds. The van der Waals surface area contributed by atoms with Gasteiger partial charge in [0.2, 0.25) is 5.89 Å². The Morgan fingerprint density at radius 2 is 1.89 bits per heavy atom. The van der Waals surface area contributed by atoms with Crippen molar-refractivity contribution < 1.29 is 9.15 Å². The lowest BCUT2D eigenvalue weighted by atomic mass is 10.2. The molecular formula is C15H14N2O2. The summed E-state index contributed by atoms with van der Waals surface area (Å²) in [5.74, 6) is 1.43. The Balaban J connectivity index is 2.04. The van der Waals surface area contributed by atoms with Crippen molar-refractivity contribution in [2.75, 3.05) is 19.5 Å². The van der Waals surface area contributed by atoms with E-state index in [1.807, 2.05) is 49.5 Å². The summed E-state index contributed by atoms with van der Waals surface area (Å²) < 4.78 is 10.9. The van der Waals surface area contributed by atoms with Gasteiger partial charge in [-0.05, 0) is 42.5 Å². The second-order valence-corrected chi connectivity index (χ2v) is 4.18. The molecule has 19 heavy (non-hydrogen) atoms. The van der Waals surface area contributed by atoms with Gasteiger partial charge >= 0.3 is 0 Å². The van der Waals surface area contributed by atoms with Crippen LogP contribution in [0.1, 0.15) is 0 Å². The third-order valence-corrected chi connectivity index (χ3v) is 3.01. The third kappa shape index (κ3) is 2.12. The molecular weight excluding hydrogens is 240 g/mol. The lowest BCUT2D eigenvalue weighted by Gasteiger charge is -1.99. The largest absolute Gasteiger partial charge is 0.497 e. The summed E-state index contributed by atoms with van der Waals surface area (Å²) in [6, 6.07) is 13.5. The number of methoxy groups -OCH3 is 1. The van der Waals surface area contributed by atoms with E-state index in [0.29, 0.717) is 5.89 Å². The highest BCUT2D eigenvalue weighted by Gasteiger charge is 2.08. The zero-order valence-corrected chi connectivity index (χ0v) is 10.8. The smallest absolute Gasteiger partial charge is 0.227 e. The van der Waals surface area contributed by atoms with Crippen LogP contribution in [0.3, 0.4) is 0 Å². The fourth-order valence-corrected chi connectivity index (χ4v) is 1.94. The molecule has 0 unspecified atom stereocenters. The number of benzene rings is 2. The van der Waals surface area contributed by atoms with Gasteiger partial charge in [0.1, 0.15) is 11.3 Å². The third-order valence-electron chi connectivity index (χ3n) is 3.01. The number of ether oxygens (including phenoxy) is 1. The molecule has 0 saturated heterocycles. The van der Waals surface area contributed by atoms with E-state index in [2.05, 4.69) is 10.3 Å². The number of hydrogen-bond acceptors (Lipinski definition) is 4. The molecule has 0 spiro atoms. The maximum absolute atomic E-state index is 5.75. The number of anilines is 1. The molecule has 0 atom stereocenters. The minimum atomic E-state index is 0.617. The molecule has 3 rings (SSSR count). The number of hydrogen-bond donors (Lipinski definition) is 1. The molecule has 0 aliphatic rings. The highest BCUT2D eigenvalue weighted by atomic mass is 16.5. The molecule has 1 N–H and O–H groups in total. The molecule has 0 aliphatic heterocycles. The van der Waals surface area contributed by atoms with Crippen LogP contribution in [0, 0.1) is 0 Å². The predicted molar refractivity (Wildman–Crippen MR) is 75.5 cm³/mol. The fourth-order valence-electron chi connectivity index (χ4n) is 1.94. The minimum absolute atomic E-state index is 0.617. The summed E-state index contributed by atoms with van der Waals surface area (Å²) in [4.78, 5) is 4.50. The van der Waals surface area contributed by atoms with Gasteiger partial charge < -0.3 is 14.5 Å². The first-order chi connectivity index (χ1) is 9.30. The Bertz CT molecular complexity index is 702. The monoisotopic (exact) mass is 254 g/mol. The van der Waals surface area contributed by atoms with E-state index in [9.17, 15) is 0 Å². The minimum Gasteiger partial charge on any atom is -0.497 e. The lowest BCUT2D eigenvalue weighted by Crippen LogP contribution is -1.86. The predicted octanol–water partition coefficient (Wildman–Crippen LogP) is 3.55. The van der Waals surface area contributed by atoms with E-state index in [1.54, 1.807) is 7.11 Å². The van der Waals surface area contributed by atoms with E-state index in [0.717, 1.165) is 28.1 Å². The molecule has 0 bridgehead atoms. The van der Waals surface area contributed by atoms with Crippen molar-refractivity contribution in [2.45, 2.75) is 0 Å². The Morgan fingerprint density at radius 1 is 1.11 bits per heavy atom. The van der Waals surface area contributed by atoms with Gasteiger partial charge in [-0.1, -0.05) is 0 Å². The number of nitrogens with zero attached hydrogens (tertiary/aromatic N) is 1. The first-order valence-corrected chi connectivity index (χ1v) is 6.03. The first kappa shape index (κ1) is 11.6. The highest BCUT2D eigenvalue weighted by Crippen LogP contribution is 2.27. The van der Waals surface area contributed by atoms with Crippen molar-refractivity contribution >= 4 is 16.8 Å². The van der Waals surface area contributed by atoms with Gasteiger partial charge in [-0.15, -0.1) is 0 Å². The lowest BCUT2D eigenvalue weighted by molar-refractivity contribution is 0.415. The summed E-state index contributed by atoms with van der Waals surface area (Å²) in [5, 5.41) is 3.09. The zero-order chi connectivity index (χ0) is 13.2. The Labute approximate surface area is 111 Å². The molecule has 1 aromatic heterocycles. The summed E-state index contributed by atoms with van der Waals surface area (Å²) in [6.45, 7) is 0. The molecule has 2 aromatic carbocycles. The van der Waals surface area contributed by atoms with Crippen molar-refractivity contribution in [3.8, 4) is 17.2 Å². The summed E-state index contributed by atoms with van der Waals surface area (Å²) >= 11 is 0. The van der Waals surface area contributed by atoms with Gasteiger partial charge in [0.15, 0.2) is 5.58 Å². The van der Waals surface area contributed by atoms with Crippen LogP contribution in [0.5, 0.6) is 5.75 Å². The number of oxazole rings is 1. The maximum atomic E-state index is 5.75. The van der Waals surface area contributed by atoms with E-state index in [1.165, 1.54) is 0 Å². The van der Waals surface area contributed by atoms with Crippen LogP contribution in [-0.4, -0.2) is 19.1 Å². The summed E-state index contributed by atoms with van der Waals surface area (Å²) in [7, 11) is 3.53. The van der Waals surface area contributed by atoms with E-state index < -0.39 is 0 Å². The topological polar surface area (TPSA) is 47.3 Å². The molecule has 0 fully saturated rings. The van der Waals surface area contributed by atoms with E-state index >= 15 is 0 Å². The van der Waals surface area contributed by atoms with Crippen molar-refractivity contribution in [2.24, 2.45) is 0 Å². The van der Waals surface area contributed by atoms with Gasteiger partial charge in [0, 0.05) is 18.3 Å². The van der Waals surface area contributed by atoms with Gasteiger partial charge in [-0.2, -0.15) is 0 Å². The quantitative estimate of drug-likeness (QED) is 0.776. The Hall–Kier alpha value is -2.49. The standard InChI is InChI=1S/C15H14N2O2/c1-16-11-5-8-14-13(9-11)17-15(19-14)10-3-6-12(18-2)7-4-10/h3-9,16H,1-2H3. The zero-order valence-electron chi connectivity index (χ0n) is 10.8. The molecule has 4 heteroatoms. The van der Waals surface area contributed by atoms with Gasteiger partial charge in [-0.3, -0.25) is 0 Å². The maximum Gasteiger partial charge on any atom is 0.227 e. The van der Waals surface area contributed by atoms with Crippen LogP contribution in [0.2, 0.25) is 0 Å². The first-order valence-electron chi connectivity index (χ1n) is 6.03. The normalized spacial score (nSPS) is 10.6. The number of aromatic nitrogens is 1. The highest BCUT2D eigenvalue weighted by molar-refractivity contribution is 5.80. The number of nitrogens with one attached hydrogen (secondary N) is 1. The van der Waals surface area contributed by atoms with Gasteiger partial charge in [-0.25, -0.2) is 4.98 Å². The Morgan fingerprint density at radius 3 is 2.58 bits per heavy atom. The van der Waals surface area contributed by atoms with Crippen LogP contribution < -0.4 is 10.1 Å². The van der Waals surface area contributed by atoms with E-state index in [4.69, 9.17) is 9.15 Å². The molecule has 0 radical (unpaired) electrons. The molecule has 3 aromatic rings. The molecule has 0 aliphatic carbocycles. The average Bonchev–Trinajstić information content (AvgIpc) is 2.90. The van der Waals surface area contributed by atoms with Crippen LogP contribution in [0.4, 0.5) is 5.69 Å². The second kappa shape index (κ2) is 4.65. The van der Waals surface area contributed by atoms with Crippen molar-refractivity contribution in [1.29, 1.82) is 0 Å². The summed E-state index contributed by atoms with van der Waals surface area (Å²) in [6.07, 6.45) is 0. The molecule has 1 heterocycles. The number of rotatable bonds is 3. The van der Waals surface area contributed by atoms with Gasteiger partial charge in [0.05, 0.1) is 7.11 Å². The molecule has 0 saturated carbocycles. The van der Waals surface area contributed by atoms with Crippen LogP contribution in [0.25, 0.3) is 22.6 Å². The second-order valence-electron chi connectivity index (χ2n) is 4.18. The van der Waals surface area contributed by atoms with Crippen LogP contribution in [-0.2, 0) is 0 Å². The molecule has 4 nitrogen and oxygen atoms in total. The van der Waals surface area contributed by atoms with Crippen molar-refractivity contribution in [3.63, 3.8) is 0 Å². The van der Waals surface area contributed by atoms with Gasteiger partial charge in [0.25, 0.3) is 0 Å². The van der Waals surface area contributed by atoms with Crippen LogP contribution in [0.15, 0.2) is 46.9 Å². The van der Waals surface area contributed by atoms with Crippen molar-refractivity contribution in [1.82, 2.24) is 4.98 Å². The Kier molecular flexibility index (Phi) is 2.83. The fraction of sp³-hybridized carbons (Fsp3) is 0.133. The summed E-state index contributed by atoms with van der Waals surface area (Å²) in [5.41, 5.74) is 3.58. The number of fused-ring (bicyclic) bond motifs is 1. The molecule has 96 valence electrons. The SMILES string of the molecule is CNc1ccc2oc(-c3ccc(OC)cc3)nc2c1. The van der Waals surface area contributed by atoms with E-state index in [-0.39, 0.29) is 0 Å². The van der Waals surface area contributed by atoms with Crippen LogP contribution >= 0.6 is 0 Å². The average molecular weight is 254 g/mol. The van der Waals surface area contributed by atoms with Crippen molar-refractivity contribution in [3.05, 3.63) is 42.5 Å².